The summed E-state index contributed by atoms with van der Waals surface area (Å²) in [6.45, 7) is 3.97. The molecule has 0 radical (unpaired) electrons. The third-order valence-corrected chi connectivity index (χ3v) is 3.61. The molecule has 1 N–H and O–H groups in total. The van der Waals surface area contributed by atoms with E-state index < -0.39 is 0 Å². The number of halogens is 1. The van der Waals surface area contributed by atoms with Crippen molar-refractivity contribution in [2.75, 3.05) is 5.32 Å². The van der Waals surface area contributed by atoms with E-state index >= 15 is 0 Å². The second-order valence-corrected chi connectivity index (χ2v) is 5.29. The Morgan fingerprint density at radius 2 is 1.95 bits per heavy atom. The van der Waals surface area contributed by atoms with Crippen LogP contribution in [0.4, 0.5) is 5.69 Å². The van der Waals surface area contributed by atoms with Crippen LogP contribution in [-0.4, -0.2) is 10.9 Å². The van der Waals surface area contributed by atoms with Crippen LogP contribution in [0.5, 0.6) is 0 Å². The number of aromatic nitrogens is 1. The van der Waals surface area contributed by atoms with Crippen LogP contribution in [0.1, 0.15) is 16.7 Å². The third kappa shape index (κ3) is 3.89. The second kappa shape index (κ2) is 5.97. The smallest absolute Gasteiger partial charge is 0.228 e. The van der Waals surface area contributed by atoms with Crippen molar-refractivity contribution in [1.29, 1.82) is 0 Å². The van der Waals surface area contributed by atoms with Gasteiger partial charge in [0.1, 0.15) is 4.60 Å². The van der Waals surface area contributed by atoms with Crippen LogP contribution >= 0.6 is 15.9 Å². The predicted molar refractivity (Wildman–Crippen MR) is 80.2 cm³/mol. The van der Waals surface area contributed by atoms with Crippen LogP contribution < -0.4 is 5.32 Å². The number of nitrogens with one attached hydrogen (secondary N) is 1. The molecule has 4 heteroatoms. The van der Waals surface area contributed by atoms with Crippen molar-refractivity contribution in [2.45, 2.75) is 20.3 Å². The molecule has 0 atom stereocenters. The number of nitrogens with zero attached hydrogens (tertiary/aromatic N) is 1. The Hall–Kier alpha value is -1.68. The van der Waals surface area contributed by atoms with Gasteiger partial charge in [-0.05, 0) is 47.0 Å². The van der Waals surface area contributed by atoms with Gasteiger partial charge in [-0.15, -0.1) is 0 Å². The van der Waals surface area contributed by atoms with Gasteiger partial charge in [-0.25, -0.2) is 4.98 Å². The number of pyridine rings is 1. The van der Waals surface area contributed by atoms with E-state index in [9.17, 15) is 4.79 Å². The SMILES string of the molecule is Cc1ccc(CC(=O)Nc2cnc(Br)c(C)c2)cc1. The van der Waals surface area contributed by atoms with Crippen LogP contribution in [0.15, 0.2) is 41.1 Å². The molecule has 0 fully saturated rings. The number of benzene rings is 1. The Morgan fingerprint density at radius 3 is 2.58 bits per heavy atom. The summed E-state index contributed by atoms with van der Waals surface area (Å²) in [5.41, 5.74) is 3.91. The van der Waals surface area contributed by atoms with E-state index in [1.54, 1.807) is 6.20 Å². The van der Waals surface area contributed by atoms with E-state index in [1.165, 1.54) is 5.56 Å². The molecule has 0 saturated carbocycles. The Kier molecular flexibility index (Phi) is 4.32. The lowest BCUT2D eigenvalue weighted by Crippen LogP contribution is -2.14. The topological polar surface area (TPSA) is 42.0 Å². The molecule has 0 aliphatic heterocycles. The van der Waals surface area contributed by atoms with E-state index in [0.717, 1.165) is 21.4 Å². The normalized spacial score (nSPS) is 10.3. The zero-order valence-corrected chi connectivity index (χ0v) is 12.5. The molecule has 19 heavy (non-hydrogen) atoms. The molecule has 0 unspecified atom stereocenters. The lowest BCUT2D eigenvalue weighted by molar-refractivity contribution is -0.115. The minimum atomic E-state index is -0.0348. The number of anilines is 1. The second-order valence-electron chi connectivity index (χ2n) is 4.54. The zero-order valence-electron chi connectivity index (χ0n) is 10.9. The van der Waals surface area contributed by atoms with Crippen molar-refractivity contribution in [3.63, 3.8) is 0 Å². The number of amides is 1. The summed E-state index contributed by atoms with van der Waals surface area (Å²) < 4.78 is 0.795. The minimum Gasteiger partial charge on any atom is -0.324 e. The molecule has 3 nitrogen and oxygen atoms in total. The van der Waals surface area contributed by atoms with E-state index in [-0.39, 0.29) is 5.91 Å². The highest BCUT2D eigenvalue weighted by Gasteiger charge is 2.05. The van der Waals surface area contributed by atoms with Gasteiger partial charge < -0.3 is 5.32 Å². The van der Waals surface area contributed by atoms with E-state index in [2.05, 4.69) is 26.2 Å². The summed E-state index contributed by atoms with van der Waals surface area (Å²) in [4.78, 5) is 16.1. The average Bonchev–Trinajstić information content (AvgIpc) is 2.37. The first-order chi connectivity index (χ1) is 9.04. The molecule has 2 rings (SSSR count). The Morgan fingerprint density at radius 1 is 1.26 bits per heavy atom. The minimum absolute atomic E-state index is 0.0348. The van der Waals surface area contributed by atoms with Gasteiger partial charge >= 0.3 is 0 Å². The molecule has 1 amide bonds. The van der Waals surface area contributed by atoms with Gasteiger partial charge in [0.25, 0.3) is 0 Å². The fourth-order valence-corrected chi connectivity index (χ4v) is 1.94. The van der Waals surface area contributed by atoms with Crippen molar-refractivity contribution in [2.24, 2.45) is 0 Å². The summed E-state index contributed by atoms with van der Waals surface area (Å²) in [7, 11) is 0. The van der Waals surface area contributed by atoms with Gasteiger partial charge in [0.05, 0.1) is 18.3 Å². The van der Waals surface area contributed by atoms with Gasteiger partial charge in [-0.2, -0.15) is 0 Å². The van der Waals surface area contributed by atoms with Gasteiger partial charge in [0, 0.05) is 0 Å². The Labute approximate surface area is 121 Å². The molecule has 2 aromatic rings. The van der Waals surface area contributed by atoms with Crippen LogP contribution in [0.25, 0.3) is 0 Å². The molecule has 0 spiro atoms. The molecule has 0 aliphatic carbocycles. The van der Waals surface area contributed by atoms with Crippen LogP contribution in [0, 0.1) is 13.8 Å². The molecule has 1 aromatic heterocycles. The monoisotopic (exact) mass is 318 g/mol. The number of aryl methyl sites for hydroxylation is 2. The summed E-state index contributed by atoms with van der Waals surface area (Å²) in [6.07, 6.45) is 2.01. The fourth-order valence-electron chi connectivity index (χ4n) is 1.72. The van der Waals surface area contributed by atoms with Crippen LogP contribution in [0.2, 0.25) is 0 Å². The number of hydrogen-bond acceptors (Lipinski definition) is 2. The maximum Gasteiger partial charge on any atom is 0.228 e. The summed E-state index contributed by atoms with van der Waals surface area (Å²) in [5, 5.41) is 2.85. The van der Waals surface area contributed by atoms with Crippen molar-refractivity contribution >= 4 is 27.5 Å². The number of carbonyl (C=O) groups is 1. The molecular formula is C15H15BrN2O. The zero-order chi connectivity index (χ0) is 13.8. The van der Waals surface area contributed by atoms with E-state index in [1.807, 2.05) is 44.2 Å². The summed E-state index contributed by atoms with van der Waals surface area (Å²) in [6, 6.07) is 9.85. The standard InChI is InChI=1S/C15H15BrN2O/c1-10-3-5-12(6-4-10)8-14(19)18-13-7-11(2)15(16)17-9-13/h3-7,9H,8H2,1-2H3,(H,18,19). The molecule has 0 saturated heterocycles. The van der Waals surface area contributed by atoms with Gasteiger partial charge in [0.2, 0.25) is 5.91 Å². The molecule has 0 bridgehead atoms. The molecule has 98 valence electrons. The fraction of sp³-hybridized carbons (Fsp3) is 0.200. The molecule has 1 heterocycles. The Balaban J connectivity index is 2.01. The maximum atomic E-state index is 11.9. The summed E-state index contributed by atoms with van der Waals surface area (Å²) >= 11 is 3.33. The van der Waals surface area contributed by atoms with Crippen molar-refractivity contribution in [3.05, 3.63) is 57.8 Å². The quantitative estimate of drug-likeness (QED) is 0.878. The highest BCUT2D eigenvalue weighted by molar-refractivity contribution is 9.10. The van der Waals surface area contributed by atoms with Crippen LogP contribution in [0.3, 0.4) is 0 Å². The van der Waals surface area contributed by atoms with Crippen molar-refractivity contribution in [3.8, 4) is 0 Å². The number of carbonyl (C=O) groups excluding carboxylic acids is 1. The molecule has 0 aliphatic rings. The average molecular weight is 319 g/mol. The van der Waals surface area contributed by atoms with Gasteiger partial charge in [-0.3, -0.25) is 4.79 Å². The maximum absolute atomic E-state index is 11.9. The Bertz CT molecular complexity index is 594. The molecular weight excluding hydrogens is 304 g/mol. The van der Waals surface area contributed by atoms with Gasteiger partial charge in [0.15, 0.2) is 0 Å². The lowest BCUT2D eigenvalue weighted by atomic mass is 10.1. The molecule has 1 aromatic carbocycles. The predicted octanol–water partition coefficient (Wildman–Crippen LogP) is 3.64. The summed E-state index contributed by atoms with van der Waals surface area (Å²) in [5.74, 6) is -0.0348. The first-order valence-corrected chi connectivity index (χ1v) is 6.81. The number of hydrogen-bond donors (Lipinski definition) is 1. The third-order valence-electron chi connectivity index (χ3n) is 2.78. The highest BCUT2D eigenvalue weighted by Crippen LogP contribution is 2.17. The van der Waals surface area contributed by atoms with E-state index in [4.69, 9.17) is 0 Å². The van der Waals surface area contributed by atoms with Crippen LogP contribution in [-0.2, 0) is 11.2 Å². The van der Waals surface area contributed by atoms with Crippen molar-refractivity contribution in [1.82, 2.24) is 4.98 Å². The number of rotatable bonds is 3. The highest BCUT2D eigenvalue weighted by atomic mass is 79.9. The first-order valence-electron chi connectivity index (χ1n) is 6.02. The lowest BCUT2D eigenvalue weighted by Gasteiger charge is -2.07. The van der Waals surface area contributed by atoms with Gasteiger partial charge in [-0.1, -0.05) is 29.8 Å². The van der Waals surface area contributed by atoms with Crippen molar-refractivity contribution < 1.29 is 4.79 Å². The largest absolute Gasteiger partial charge is 0.324 e. The first kappa shape index (κ1) is 13.7. The van der Waals surface area contributed by atoms with E-state index in [0.29, 0.717) is 6.42 Å².